The van der Waals surface area contributed by atoms with Crippen molar-refractivity contribution < 1.29 is 27.9 Å². The number of alkyl halides is 3. The number of thiazole rings is 1. The van der Waals surface area contributed by atoms with E-state index in [1.165, 1.54) is 12.1 Å². The molecule has 2 aromatic heterocycles. The fourth-order valence-electron chi connectivity index (χ4n) is 3.34. The fourth-order valence-corrected chi connectivity index (χ4v) is 6.23. The Morgan fingerprint density at radius 3 is 2.71 bits per heavy atom. The van der Waals surface area contributed by atoms with Gasteiger partial charge < -0.3 is 15.7 Å². The monoisotopic (exact) mass is 640 g/mol. The second kappa shape index (κ2) is 10.4. The van der Waals surface area contributed by atoms with Crippen LogP contribution in [-0.2, 0) is 15.8 Å². The molecule has 194 valence electrons. The minimum Gasteiger partial charge on any atom is -0.492 e. The van der Waals surface area contributed by atoms with Gasteiger partial charge >= 0.3 is 6.18 Å². The third-order valence-corrected chi connectivity index (χ3v) is 8.36. The molecule has 0 atom stereocenters. The van der Waals surface area contributed by atoms with Crippen molar-refractivity contribution in [3.63, 3.8) is 0 Å². The first kappa shape index (κ1) is 26.3. The number of hydrogen-bond donors (Lipinski definition) is 3. The Hall–Kier alpha value is -3.34. The number of nitrogens with zero attached hydrogens (tertiary/aromatic N) is 4. The lowest BCUT2D eigenvalue weighted by atomic mass is 10.1. The number of aromatic nitrogens is 3. The molecule has 0 aliphatic carbocycles. The van der Waals surface area contributed by atoms with Crippen LogP contribution in [0.25, 0.3) is 5.57 Å². The van der Waals surface area contributed by atoms with E-state index in [1.54, 1.807) is 18.2 Å². The number of rotatable bonds is 7. The lowest BCUT2D eigenvalue weighted by molar-refractivity contribution is -0.137. The largest absolute Gasteiger partial charge is 0.492 e. The molecule has 3 N–H and O–H groups in total. The average molecular weight is 641 g/mol. The summed E-state index contributed by atoms with van der Waals surface area (Å²) in [4.78, 5) is 33.0. The van der Waals surface area contributed by atoms with E-state index >= 15 is 0 Å². The number of carbonyl (C=O) groups is 2. The van der Waals surface area contributed by atoms with Gasteiger partial charge in [-0.2, -0.15) is 18.2 Å². The standard InChI is InChI=1S/C22H12BrF3N6O3S3/c23-10-4-5-13-12(7-10)15(17(34)28-13)16-18(35)29-19(37-16)30-20-31-32-21(38-20)36-8-14(33)27-11-3-1-2-9(6-11)22(24,25)26/h1-7,35H,8H2,(H,27,33)(H,29,30,31). The fraction of sp³-hybridized carbons (Fsp3) is 0.0909. The normalized spacial score (nSPS) is 12.8. The molecule has 3 heterocycles. The molecule has 0 unspecified atom stereocenters. The number of aromatic hydroxyl groups is 1. The molecule has 1 aliphatic rings. The number of fused-ring (bicyclic) bond motifs is 1. The molecule has 9 nitrogen and oxygen atoms in total. The second-order valence-corrected chi connectivity index (χ2v) is 11.7. The lowest BCUT2D eigenvalue weighted by Crippen LogP contribution is -2.22. The van der Waals surface area contributed by atoms with Crippen LogP contribution >= 0.6 is 50.4 Å². The van der Waals surface area contributed by atoms with E-state index in [0.717, 1.165) is 51.0 Å². The highest BCUT2D eigenvalue weighted by Crippen LogP contribution is 2.37. The second-order valence-electron chi connectivity index (χ2n) is 7.54. The molecule has 0 saturated heterocycles. The van der Waals surface area contributed by atoms with Crippen molar-refractivity contribution >= 4 is 83.7 Å². The molecule has 0 saturated carbocycles. The summed E-state index contributed by atoms with van der Waals surface area (Å²) in [5, 5.41) is 25.4. The van der Waals surface area contributed by atoms with Gasteiger partial charge in [-0.25, -0.2) is 4.99 Å². The van der Waals surface area contributed by atoms with Gasteiger partial charge in [-0.15, -0.1) is 10.2 Å². The SMILES string of the molecule is O=C(CSc1nnc(Nc2nc(O)c(C3=c4cc(Br)ccc4=NC3=O)s2)s1)Nc1cccc(C(F)(F)F)c1. The van der Waals surface area contributed by atoms with Crippen molar-refractivity contribution in [2.24, 2.45) is 4.99 Å². The van der Waals surface area contributed by atoms with Gasteiger partial charge in [-0.3, -0.25) is 9.59 Å². The highest BCUT2D eigenvalue weighted by molar-refractivity contribution is 9.10. The predicted molar refractivity (Wildman–Crippen MR) is 140 cm³/mol. The Morgan fingerprint density at radius 2 is 1.92 bits per heavy atom. The Bertz CT molecular complexity index is 1710. The number of anilines is 3. The first-order valence-corrected chi connectivity index (χ1v) is 13.8. The molecule has 16 heteroatoms. The minimum atomic E-state index is -4.51. The zero-order chi connectivity index (χ0) is 27.0. The molecule has 0 bridgehead atoms. The molecule has 38 heavy (non-hydrogen) atoms. The van der Waals surface area contributed by atoms with Gasteiger partial charge in [-0.05, 0) is 36.4 Å². The first-order valence-electron chi connectivity index (χ1n) is 10.4. The van der Waals surface area contributed by atoms with E-state index in [1.807, 2.05) is 0 Å². The van der Waals surface area contributed by atoms with Gasteiger partial charge in [0.1, 0.15) is 4.88 Å². The van der Waals surface area contributed by atoms with Crippen LogP contribution in [0.3, 0.4) is 0 Å². The molecule has 2 amide bonds. The van der Waals surface area contributed by atoms with E-state index < -0.39 is 23.6 Å². The van der Waals surface area contributed by atoms with Crippen LogP contribution in [0.1, 0.15) is 10.4 Å². The predicted octanol–water partition coefficient (Wildman–Crippen LogP) is 4.31. The zero-order valence-electron chi connectivity index (χ0n) is 18.5. The Labute approximate surface area is 231 Å². The van der Waals surface area contributed by atoms with Gasteiger partial charge in [0.05, 0.1) is 22.2 Å². The van der Waals surface area contributed by atoms with Crippen molar-refractivity contribution in [1.82, 2.24) is 15.2 Å². The summed E-state index contributed by atoms with van der Waals surface area (Å²) >= 11 is 6.56. The topological polar surface area (TPSA) is 129 Å². The number of halogens is 4. The van der Waals surface area contributed by atoms with Crippen LogP contribution in [0.5, 0.6) is 5.88 Å². The maximum Gasteiger partial charge on any atom is 0.416 e. The van der Waals surface area contributed by atoms with Crippen LogP contribution in [0.4, 0.5) is 29.1 Å². The first-order chi connectivity index (χ1) is 18.1. The van der Waals surface area contributed by atoms with Crippen molar-refractivity contribution in [2.45, 2.75) is 10.5 Å². The molecule has 4 aromatic rings. The number of thioether (sulfide) groups is 1. The van der Waals surface area contributed by atoms with Crippen molar-refractivity contribution in [2.75, 3.05) is 16.4 Å². The summed E-state index contributed by atoms with van der Waals surface area (Å²) in [6.45, 7) is 0. The zero-order valence-corrected chi connectivity index (χ0v) is 22.6. The maximum absolute atomic E-state index is 12.8. The van der Waals surface area contributed by atoms with E-state index in [2.05, 4.69) is 46.7 Å². The third kappa shape index (κ3) is 5.72. The van der Waals surface area contributed by atoms with Gasteiger partial charge in [0.2, 0.25) is 16.9 Å². The van der Waals surface area contributed by atoms with Gasteiger partial charge in [-0.1, -0.05) is 56.4 Å². The van der Waals surface area contributed by atoms with E-state index in [0.29, 0.717) is 20.0 Å². The van der Waals surface area contributed by atoms with Crippen LogP contribution in [-0.4, -0.2) is 37.9 Å². The van der Waals surface area contributed by atoms with Crippen molar-refractivity contribution in [3.05, 3.63) is 68.0 Å². The summed E-state index contributed by atoms with van der Waals surface area (Å²) in [7, 11) is 0. The molecule has 5 rings (SSSR count). The Morgan fingerprint density at radius 1 is 1.11 bits per heavy atom. The van der Waals surface area contributed by atoms with Crippen LogP contribution in [0.15, 0.2) is 56.3 Å². The van der Waals surface area contributed by atoms with Gasteiger partial charge in [0, 0.05) is 15.4 Å². The third-order valence-electron chi connectivity index (χ3n) is 4.92. The number of hydrogen-bond acceptors (Lipinski definition) is 10. The average Bonchev–Trinajstić information content (AvgIpc) is 3.53. The van der Waals surface area contributed by atoms with E-state index in [-0.39, 0.29) is 32.9 Å². The Kier molecular flexibility index (Phi) is 7.21. The summed E-state index contributed by atoms with van der Waals surface area (Å²) in [5.74, 6) is -1.44. The number of benzene rings is 2. The number of nitrogens with one attached hydrogen (secondary N) is 2. The van der Waals surface area contributed by atoms with E-state index in [4.69, 9.17) is 0 Å². The summed E-state index contributed by atoms with van der Waals surface area (Å²) in [6, 6.07) is 9.55. The molecular weight excluding hydrogens is 629 g/mol. The summed E-state index contributed by atoms with van der Waals surface area (Å²) < 4.78 is 39.7. The number of amides is 2. The minimum absolute atomic E-state index is 0.0332. The van der Waals surface area contributed by atoms with Crippen LogP contribution in [0.2, 0.25) is 0 Å². The molecule has 0 radical (unpaired) electrons. The molecule has 0 spiro atoms. The smallest absolute Gasteiger partial charge is 0.416 e. The molecule has 1 aliphatic heterocycles. The van der Waals surface area contributed by atoms with Gasteiger partial charge in [0.25, 0.3) is 5.91 Å². The Balaban J connectivity index is 1.23. The van der Waals surface area contributed by atoms with E-state index in [9.17, 15) is 27.9 Å². The van der Waals surface area contributed by atoms with Crippen LogP contribution < -0.4 is 21.2 Å². The van der Waals surface area contributed by atoms with Gasteiger partial charge in [0.15, 0.2) is 9.47 Å². The summed E-state index contributed by atoms with van der Waals surface area (Å²) in [6.07, 6.45) is -4.51. The molecule has 0 fully saturated rings. The maximum atomic E-state index is 12.8. The number of carbonyl (C=O) groups excluding carboxylic acids is 2. The van der Waals surface area contributed by atoms with Crippen molar-refractivity contribution in [1.29, 1.82) is 0 Å². The molecule has 2 aromatic carbocycles. The highest BCUT2D eigenvalue weighted by atomic mass is 79.9. The van der Waals surface area contributed by atoms with Crippen LogP contribution in [0, 0.1) is 0 Å². The quantitative estimate of drug-likeness (QED) is 0.255. The molecular formula is C22H12BrF3N6O3S3. The van der Waals surface area contributed by atoms with Crippen molar-refractivity contribution in [3.8, 4) is 5.88 Å². The lowest BCUT2D eigenvalue weighted by Gasteiger charge is -2.09. The summed E-state index contributed by atoms with van der Waals surface area (Å²) in [5.41, 5.74) is -0.586. The highest BCUT2D eigenvalue weighted by Gasteiger charge is 2.30.